The van der Waals surface area contributed by atoms with E-state index in [4.69, 9.17) is 17.3 Å². The molecule has 0 bridgehead atoms. The zero-order valence-electron chi connectivity index (χ0n) is 11.0. The van der Waals surface area contributed by atoms with Gasteiger partial charge in [0, 0.05) is 10.7 Å². The highest BCUT2D eigenvalue weighted by molar-refractivity contribution is 6.30. The Morgan fingerprint density at radius 1 is 1.22 bits per heavy atom. The molecular formula is C14H21ClN2O. The van der Waals surface area contributed by atoms with Gasteiger partial charge in [-0.15, -0.1) is 0 Å². The fourth-order valence-corrected chi connectivity index (χ4v) is 2.35. The second-order valence-corrected chi connectivity index (χ2v) is 5.01. The number of nitrogens with one attached hydrogen (secondary N) is 1. The molecule has 18 heavy (non-hydrogen) atoms. The summed E-state index contributed by atoms with van der Waals surface area (Å²) in [5, 5.41) is 3.96. The minimum Gasteiger partial charge on any atom is -0.371 e. The van der Waals surface area contributed by atoms with Gasteiger partial charge in [-0.25, -0.2) is 0 Å². The van der Waals surface area contributed by atoms with Gasteiger partial charge in [-0.1, -0.05) is 38.3 Å². The number of amides is 1. The molecule has 0 heterocycles. The summed E-state index contributed by atoms with van der Waals surface area (Å²) in [6.45, 7) is 4.10. The van der Waals surface area contributed by atoms with Crippen LogP contribution in [0.25, 0.3) is 0 Å². The second-order valence-electron chi connectivity index (χ2n) is 4.58. The van der Waals surface area contributed by atoms with Crippen LogP contribution in [0, 0.1) is 0 Å². The topological polar surface area (TPSA) is 55.1 Å². The molecule has 0 aliphatic carbocycles. The van der Waals surface area contributed by atoms with Crippen molar-refractivity contribution in [2.45, 2.75) is 45.1 Å². The smallest absolute Gasteiger partial charge is 0.243 e. The van der Waals surface area contributed by atoms with Gasteiger partial charge in [0.2, 0.25) is 5.91 Å². The van der Waals surface area contributed by atoms with Crippen LogP contribution in [-0.2, 0) is 4.79 Å². The van der Waals surface area contributed by atoms with Crippen LogP contribution in [-0.4, -0.2) is 11.4 Å². The number of rotatable bonds is 7. The molecule has 0 fully saturated rings. The zero-order valence-corrected chi connectivity index (χ0v) is 11.8. The lowest BCUT2D eigenvalue weighted by molar-refractivity contribution is -0.122. The minimum absolute atomic E-state index is 0.291. The number of carbonyl (C=O) groups excluding carboxylic acids is 1. The van der Waals surface area contributed by atoms with E-state index in [9.17, 15) is 4.79 Å². The van der Waals surface area contributed by atoms with Crippen LogP contribution in [0.5, 0.6) is 0 Å². The standard InChI is InChI=1S/C14H21ClN2O/c1-3-9-14(10-4-2,13(16)18)17-12-7-5-11(15)6-8-12/h5-8,17H,3-4,9-10H2,1-2H3,(H2,16,18). The first-order valence-corrected chi connectivity index (χ1v) is 6.75. The van der Waals surface area contributed by atoms with Crippen molar-refractivity contribution in [1.82, 2.24) is 0 Å². The summed E-state index contributed by atoms with van der Waals surface area (Å²) in [6, 6.07) is 7.33. The van der Waals surface area contributed by atoms with Crippen LogP contribution >= 0.6 is 11.6 Å². The van der Waals surface area contributed by atoms with Crippen molar-refractivity contribution >= 4 is 23.2 Å². The fraction of sp³-hybridized carbons (Fsp3) is 0.500. The molecule has 3 N–H and O–H groups in total. The van der Waals surface area contributed by atoms with Crippen molar-refractivity contribution in [1.29, 1.82) is 0 Å². The average molecular weight is 269 g/mol. The molecule has 1 aromatic carbocycles. The molecule has 0 atom stereocenters. The van der Waals surface area contributed by atoms with E-state index >= 15 is 0 Å². The molecule has 0 saturated heterocycles. The monoisotopic (exact) mass is 268 g/mol. The molecule has 0 aromatic heterocycles. The number of hydrogen-bond donors (Lipinski definition) is 2. The maximum absolute atomic E-state index is 11.8. The zero-order chi connectivity index (χ0) is 13.6. The highest BCUT2D eigenvalue weighted by Gasteiger charge is 2.34. The molecule has 0 spiro atoms. The number of hydrogen-bond acceptors (Lipinski definition) is 2. The van der Waals surface area contributed by atoms with Crippen LogP contribution in [0.4, 0.5) is 5.69 Å². The molecule has 0 aliphatic heterocycles. The van der Waals surface area contributed by atoms with Gasteiger partial charge in [0.25, 0.3) is 0 Å². The van der Waals surface area contributed by atoms with E-state index < -0.39 is 5.54 Å². The Hall–Kier alpha value is -1.22. The SMILES string of the molecule is CCCC(CCC)(Nc1ccc(Cl)cc1)C(N)=O. The van der Waals surface area contributed by atoms with Gasteiger partial charge in [-0.3, -0.25) is 4.79 Å². The molecule has 100 valence electrons. The summed E-state index contributed by atoms with van der Waals surface area (Å²) >= 11 is 5.85. The lowest BCUT2D eigenvalue weighted by Crippen LogP contribution is -2.50. The van der Waals surface area contributed by atoms with Crippen molar-refractivity contribution in [3.63, 3.8) is 0 Å². The summed E-state index contributed by atoms with van der Waals surface area (Å²) in [4.78, 5) is 11.8. The van der Waals surface area contributed by atoms with Crippen LogP contribution in [0.1, 0.15) is 39.5 Å². The maximum Gasteiger partial charge on any atom is 0.243 e. The number of halogens is 1. The van der Waals surface area contributed by atoms with E-state index in [1.54, 1.807) is 12.1 Å². The van der Waals surface area contributed by atoms with E-state index in [1.807, 2.05) is 12.1 Å². The molecule has 0 unspecified atom stereocenters. The summed E-state index contributed by atoms with van der Waals surface area (Å²) in [5.74, 6) is -0.291. The average Bonchev–Trinajstić information content (AvgIpc) is 2.32. The fourth-order valence-electron chi connectivity index (χ4n) is 2.22. The van der Waals surface area contributed by atoms with Gasteiger partial charge in [0.1, 0.15) is 5.54 Å². The number of anilines is 1. The summed E-state index contributed by atoms with van der Waals surface area (Å²) in [5.41, 5.74) is 5.81. The highest BCUT2D eigenvalue weighted by Crippen LogP contribution is 2.26. The van der Waals surface area contributed by atoms with Crippen molar-refractivity contribution in [2.24, 2.45) is 5.73 Å². The van der Waals surface area contributed by atoms with Crippen LogP contribution in [0.3, 0.4) is 0 Å². The van der Waals surface area contributed by atoms with Crippen molar-refractivity contribution in [3.8, 4) is 0 Å². The number of benzene rings is 1. The van der Waals surface area contributed by atoms with Crippen molar-refractivity contribution in [2.75, 3.05) is 5.32 Å². The van der Waals surface area contributed by atoms with Gasteiger partial charge < -0.3 is 11.1 Å². The lowest BCUT2D eigenvalue weighted by Gasteiger charge is -2.32. The van der Waals surface area contributed by atoms with Crippen molar-refractivity contribution in [3.05, 3.63) is 29.3 Å². The summed E-state index contributed by atoms with van der Waals surface area (Å²) < 4.78 is 0. The summed E-state index contributed by atoms with van der Waals surface area (Å²) in [7, 11) is 0. The Kier molecular flexibility index (Phi) is 5.48. The molecule has 1 amide bonds. The molecule has 0 aliphatic rings. The summed E-state index contributed by atoms with van der Waals surface area (Å²) in [6.07, 6.45) is 3.28. The highest BCUT2D eigenvalue weighted by atomic mass is 35.5. The predicted octanol–water partition coefficient (Wildman–Crippen LogP) is 3.58. The van der Waals surface area contributed by atoms with E-state index in [1.165, 1.54) is 0 Å². The third kappa shape index (κ3) is 3.64. The van der Waals surface area contributed by atoms with Crippen LogP contribution < -0.4 is 11.1 Å². The quantitative estimate of drug-likeness (QED) is 0.794. The van der Waals surface area contributed by atoms with Gasteiger partial charge >= 0.3 is 0 Å². The number of nitrogens with two attached hydrogens (primary N) is 1. The van der Waals surface area contributed by atoms with Crippen LogP contribution in [0.15, 0.2) is 24.3 Å². The molecule has 0 saturated carbocycles. The largest absolute Gasteiger partial charge is 0.371 e. The molecule has 1 rings (SSSR count). The molecule has 3 nitrogen and oxygen atoms in total. The first-order valence-electron chi connectivity index (χ1n) is 6.37. The third-order valence-corrected chi connectivity index (χ3v) is 3.31. The Labute approximate surface area is 114 Å². The van der Waals surface area contributed by atoms with E-state index in [-0.39, 0.29) is 5.91 Å². The Balaban J connectivity index is 2.95. The molecule has 4 heteroatoms. The number of carbonyl (C=O) groups is 1. The van der Waals surface area contributed by atoms with Gasteiger partial charge in [-0.2, -0.15) is 0 Å². The Morgan fingerprint density at radius 3 is 2.11 bits per heavy atom. The normalized spacial score (nSPS) is 11.3. The molecule has 0 radical (unpaired) electrons. The lowest BCUT2D eigenvalue weighted by atomic mass is 9.87. The molecule has 1 aromatic rings. The Bertz CT molecular complexity index is 383. The number of primary amides is 1. The van der Waals surface area contributed by atoms with Crippen LogP contribution in [0.2, 0.25) is 5.02 Å². The third-order valence-electron chi connectivity index (χ3n) is 3.05. The maximum atomic E-state index is 11.8. The van der Waals surface area contributed by atoms with Crippen molar-refractivity contribution < 1.29 is 4.79 Å². The van der Waals surface area contributed by atoms with E-state index in [0.29, 0.717) is 5.02 Å². The second kappa shape index (κ2) is 6.64. The predicted molar refractivity (Wildman–Crippen MR) is 76.8 cm³/mol. The first-order chi connectivity index (χ1) is 8.54. The van der Waals surface area contributed by atoms with E-state index in [0.717, 1.165) is 31.4 Å². The van der Waals surface area contributed by atoms with Gasteiger partial charge in [0.05, 0.1) is 0 Å². The molecular weight excluding hydrogens is 248 g/mol. The van der Waals surface area contributed by atoms with E-state index in [2.05, 4.69) is 19.2 Å². The first kappa shape index (κ1) is 14.8. The Morgan fingerprint density at radius 2 is 1.72 bits per heavy atom. The van der Waals surface area contributed by atoms with Gasteiger partial charge in [0.15, 0.2) is 0 Å². The van der Waals surface area contributed by atoms with Gasteiger partial charge in [-0.05, 0) is 37.1 Å². The minimum atomic E-state index is -0.655.